The minimum Gasteiger partial charge on any atom is -0.456 e. The molecule has 0 N–H and O–H groups in total. The first kappa shape index (κ1) is 26.9. The van der Waals surface area contributed by atoms with Gasteiger partial charge in [-0.15, -0.1) is 6.58 Å². The van der Waals surface area contributed by atoms with Crippen LogP contribution in [0.2, 0.25) is 0 Å². The van der Waals surface area contributed by atoms with Crippen LogP contribution in [0.5, 0.6) is 0 Å². The zero-order chi connectivity index (χ0) is 24.4. The van der Waals surface area contributed by atoms with E-state index in [2.05, 4.69) is 6.58 Å². The van der Waals surface area contributed by atoms with Crippen LogP contribution in [0.3, 0.4) is 0 Å². The Labute approximate surface area is 193 Å². The zero-order valence-electron chi connectivity index (χ0n) is 20.7. The lowest BCUT2D eigenvalue weighted by molar-refractivity contribution is -0.257. The van der Waals surface area contributed by atoms with Gasteiger partial charge in [0.25, 0.3) is 0 Å². The number of ether oxygens (including phenoxy) is 5. The summed E-state index contributed by atoms with van der Waals surface area (Å²) in [6.45, 7) is 14.7. The molecule has 1 saturated heterocycles. The van der Waals surface area contributed by atoms with Gasteiger partial charge in [0.05, 0.1) is 11.7 Å². The summed E-state index contributed by atoms with van der Waals surface area (Å²) >= 11 is 0. The van der Waals surface area contributed by atoms with E-state index in [0.717, 1.165) is 6.42 Å². The maximum atomic E-state index is 12.5. The second-order valence-corrected chi connectivity index (χ2v) is 10.3. The number of carbonyl (C=O) groups excluding carboxylic acids is 1. The smallest absolute Gasteiger partial charge is 0.340 e. The maximum Gasteiger partial charge on any atom is 0.340 e. The van der Waals surface area contributed by atoms with Crippen molar-refractivity contribution in [3.63, 3.8) is 0 Å². The van der Waals surface area contributed by atoms with Crippen LogP contribution in [0.25, 0.3) is 0 Å². The summed E-state index contributed by atoms with van der Waals surface area (Å²) < 4.78 is 42.0. The van der Waals surface area contributed by atoms with Gasteiger partial charge in [-0.05, 0) is 41.3 Å². The highest BCUT2D eigenvalue weighted by atomic mass is 31.1. The lowest BCUT2D eigenvalue weighted by Crippen LogP contribution is -2.56. The van der Waals surface area contributed by atoms with Crippen molar-refractivity contribution >= 4 is 14.4 Å². The largest absolute Gasteiger partial charge is 0.456 e. The third-order valence-corrected chi connectivity index (χ3v) is 7.16. The van der Waals surface area contributed by atoms with Crippen LogP contribution in [0.15, 0.2) is 24.0 Å². The van der Waals surface area contributed by atoms with Gasteiger partial charge in [-0.3, -0.25) is 4.57 Å². The van der Waals surface area contributed by atoms with Crippen molar-refractivity contribution in [2.24, 2.45) is 5.92 Å². The second-order valence-electron chi connectivity index (χ2n) is 9.50. The molecule has 2 aliphatic rings. The fraction of sp³-hybridized carbons (Fsp3) is 0.783. The number of methoxy groups -OCH3 is 1. The molecule has 0 spiro atoms. The van der Waals surface area contributed by atoms with Crippen molar-refractivity contribution in [1.29, 1.82) is 0 Å². The average molecular weight is 472 g/mol. The Balaban J connectivity index is 2.48. The molecule has 0 aromatic heterocycles. The first-order valence-electron chi connectivity index (χ1n) is 10.9. The molecule has 8 nitrogen and oxygen atoms in total. The molecule has 9 heteroatoms. The Morgan fingerprint density at radius 1 is 1.34 bits per heavy atom. The fourth-order valence-corrected chi connectivity index (χ4v) is 5.09. The van der Waals surface area contributed by atoms with Gasteiger partial charge in [-0.2, -0.15) is 0 Å². The van der Waals surface area contributed by atoms with E-state index in [0.29, 0.717) is 11.3 Å². The van der Waals surface area contributed by atoms with Crippen molar-refractivity contribution in [3.05, 3.63) is 24.0 Å². The molecule has 182 valence electrons. The van der Waals surface area contributed by atoms with E-state index in [-0.39, 0.29) is 20.6 Å². The molecule has 7 atom stereocenters. The van der Waals surface area contributed by atoms with Crippen LogP contribution in [-0.2, 0) is 33.0 Å². The molecule has 1 fully saturated rings. The highest BCUT2D eigenvalue weighted by Gasteiger charge is 2.48. The highest BCUT2D eigenvalue weighted by Crippen LogP contribution is 2.40. The third-order valence-electron chi connectivity index (χ3n) is 6.33. The van der Waals surface area contributed by atoms with E-state index in [9.17, 15) is 9.36 Å². The summed E-state index contributed by atoms with van der Waals surface area (Å²) in [5.41, 5.74) is -0.968. The molecule has 0 aromatic rings. The van der Waals surface area contributed by atoms with Gasteiger partial charge >= 0.3 is 5.97 Å². The van der Waals surface area contributed by atoms with E-state index >= 15 is 0 Å². The van der Waals surface area contributed by atoms with Crippen molar-refractivity contribution in [3.8, 4) is 0 Å². The molecular weight excluding hydrogens is 433 g/mol. The van der Waals surface area contributed by atoms with Gasteiger partial charge in [0, 0.05) is 32.9 Å². The van der Waals surface area contributed by atoms with E-state index < -0.39 is 41.3 Å². The number of carbonyl (C=O) groups is 1. The number of esters is 1. The average Bonchev–Trinajstić information content (AvgIpc) is 2.72. The second kappa shape index (κ2) is 10.3. The molecule has 0 saturated carbocycles. The van der Waals surface area contributed by atoms with Gasteiger partial charge in [0.15, 0.2) is 14.8 Å². The molecule has 1 unspecified atom stereocenters. The molecule has 2 heterocycles. The van der Waals surface area contributed by atoms with E-state index in [1.54, 1.807) is 34.0 Å². The third kappa shape index (κ3) is 5.60. The summed E-state index contributed by atoms with van der Waals surface area (Å²) in [6.07, 6.45) is 0.912. The molecule has 32 heavy (non-hydrogen) atoms. The van der Waals surface area contributed by atoms with Gasteiger partial charge < -0.3 is 28.6 Å². The van der Waals surface area contributed by atoms with Crippen molar-refractivity contribution in [1.82, 2.24) is 4.90 Å². The number of cyclic esters (lactones) is 1. The number of nitrogens with zero attached hydrogens (tertiary/aromatic N) is 1. The highest BCUT2D eigenvalue weighted by molar-refractivity contribution is 7.24. The predicted octanol–water partition coefficient (Wildman–Crippen LogP) is 3.91. The quantitative estimate of drug-likeness (QED) is 0.284. The first-order valence-corrected chi connectivity index (χ1v) is 11.8. The van der Waals surface area contributed by atoms with Gasteiger partial charge in [0.1, 0.15) is 23.1 Å². The number of hydrogen-bond acceptors (Lipinski definition) is 8. The normalized spacial score (nSPS) is 32.1. The molecule has 2 rings (SSSR count). The number of hydrogen-bond donors (Lipinski definition) is 0. The standard InChI is InChI=1S/C23H38NO7P/c1-11-23(7,27-10)19(14(3)17-15(4)20(25)31-22(5,6)30-17)29-21-18(32-26)16(24(8)9)12-13(2)28-21/h11,13-14,16,18-19,21H,1,12H2,2-10H3/t13-,14+,16?,18-,19-,21+,23-/m1/s1. The zero-order valence-corrected chi connectivity index (χ0v) is 21.6. The minimum absolute atomic E-state index is 0.0113. The monoisotopic (exact) mass is 471 g/mol. The van der Waals surface area contributed by atoms with Crippen molar-refractivity contribution < 1.29 is 33.0 Å². The Hall–Kier alpha value is -1.31. The first-order chi connectivity index (χ1) is 14.8. The van der Waals surface area contributed by atoms with Crippen LogP contribution >= 0.6 is 8.46 Å². The topological polar surface area (TPSA) is 83.5 Å². The van der Waals surface area contributed by atoms with Gasteiger partial charge in [-0.1, -0.05) is 13.0 Å². The van der Waals surface area contributed by atoms with Crippen LogP contribution in [0.1, 0.15) is 48.0 Å². The summed E-state index contributed by atoms with van der Waals surface area (Å²) in [5, 5.41) is 0. The number of rotatable bonds is 9. The van der Waals surface area contributed by atoms with Crippen LogP contribution in [0, 0.1) is 5.92 Å². The maximum absolute atomic E-state index is 12.5. The minimum atomic E-state index is -1.11. The van der Waals surface area contributed by atoms with E-state index in [1.807, 2.05) is 39.8 Å². The van der Waals surface area contributed by atoms with Crippen LogP contribution in [0.4, 0.5) is 0 Å². The summed E-state index contributed by atoms with van der Waals surface area (Å²) in [7, 11) is 5.42. The summed E-state index contributed by atoms with van der Waals surface area (Å²) in [5.74, 6) is -1.51. The molecular formula is C23H38NO7P. The molecule has 0 radical (unpaired) electrons. The SMILES string of the molecule is C=C[C@@](C)(OC)[C@H](O[C@@H]1O[C@H](C)CC(N(C)C)[C@H]1P=O)[C@@H](C)C1=C(C)C(=O)OC(C)(C)O1. The van der Waals surface area contributed by atoms with E-state index in [1.165, 1.54) is 0 Å². The lowest BCUT2D eigenvalue weighted by Gasteiger charge is -2.46. The summed E-state index contributed by atoms with van der Waals surface area (Å²) in [6, 6.07) is 0.0113. The molecule has 2 aliphatic heterocycles. The molecule has 0 aromatic carbocycles. The Morgan fingerprint density at radius 2 is 1.97 bits per heavy atom. The van der Waals surface area contributed by atoms with E-state index in [4.69, 9.17) is 23.7 Å². The van der Waals surface area contributed by atoms with Crippen LogP contribution in [-0.4, -0.2) is 73.7 Å². The predicted molar refractivity (Wildman–Crippen MR) is 121 cm³/mol. The van der Waals surface area contributed by atoms with Crippen molar-refractivity contribution in [2.75, 3.05) is 21.2 Å². The lowest BCUT2D eigenvalue weighted by atomic mass is 9.85. The summed E-state index contributed by atoms with van der Waals surface area (Å²) in [4.78, 5) is 14.5. The Kier molecular flexibility index (Phi) is 8.68. The fourth-order valence-electron chi connectivity index (χ4n) is 4.32. The molecule has 0 amide bonds. The molecule has 0 bridgehead atoms. The molecule has 0 aliphatic carbocycles. The Morgan fingerprint density at radius 3 is 2.47 bits per heavy atom. The van der Waals surface area contributed by atoms with Gasteiger partial charge in [0.2, 0.25) is 5.79 Å². The Bertz CT molecular complexity index is 753. The van der Waals surface area contributed by atoms with Crippen molar-refractivity contribution in [2.45, 2.75) is 89.6 Å². The van der Waals surface area contributed by atoms with Gasteiger partial charge in [-0.25, -0.2) is 4.79 Å². The van der Waals surface area contributed by atoms with Crippen LogP contribution < -0.4 is 0 Å².